The Kier molecular flexibility index (Phi) is 9.83. The maximum absolute atomic E-state index is 13.2. The van der Waals surface area contributed by atoms with Crippen LogP contribution in [0, 0.1) is 5.92 Å². The Morgan fingerprint density at radius 3 is 2.10 bits per heavy atom. The lowest BCUT2D eigenvalue weighted by Gasteiger charge is -2.22. The van der Waals surface area contributed by atoms with Crippen molar-refractivity contribution in [3.63, 3.8) is 0 Å². The van der Waals surface area contributed by atoms with Crippen LogP contribution in [0.25, 0.3) is 0 Å². The van der Waals surface area contributed by atoms with E-state index < -0.39 is 52.9 Å². The summed E-state index contributed by atoms with van der Waals surface area (Å²) in [6.45, 7) is 5.19. The third-order valence-electron chi connectivity index (χ3n) is 4.60. The maximum Gasteiger partial charge on any atom is 0.417 e. The number of alkyl halides is 6. The Bertz CT molecular complexity index is 744. The van der Waals surface area contributed by atoms with Gasteiger partial charge in [-0.15, -0.1) is 0 Å². The number of halogens is 6. The van der Waals surface area contributed by atoms with Crippen molar-refractivity contribution in [1.29, 1.82) is 0 Å². The molecule has 1 rings (SSSR count). The summed E-state index contributed by atoms with van der Waals surface area (Å²) >= 11 is 0. The van der Waals surface area contributed by atoms with Gasteiger partial charge in [0.05, 0.1) is 23.3 Å². The molecule has 0 heterocycles. The minimum absolute atomic E-state index is 0.0823. The van der Waals surface area contributed by atoms with E-state index in [-0.39, 0.29) is 24.8 Å². The Morgan fingerprint density at radius 1 is 0.968 bits per heavy atom. The summed E-state index contributed by atoms with van der Waals surface area (Å²) in [4.78, 5) is 24.8. The number of amides is 1. The highest BCUT2D eigenvalue weighted by atomic mass is 19.4. The van der Waals surface area contributed by atoms with Gasteiger partial charge >= 0.3 is 18.3 Å². The van der Waals surface area contributed by atoms with E-state index in [1.165, 1.54) is 13.8 Å². The number of rotatable bonds is 10. The first kappa shape index (κ1) is 26.8. The molecule has 0 saturated heterocycles. The van der Waals surface area contributed by atoms with Crippen molar-refractivity contribution in [1.82, 2.24) is 5.32 Å². The highest BCUT2D eigenvalue weighted by Crippen LogP contribution is 2.36. The minimum Gasteiger partial charge on any atom is -0.464 e. The summed E-state index contributed by atoms with van der Waals surface area (Å²) in [5.74, 6) is -2.84. The monoisotopic (exact) mass is 455 g/mol. The van der Waals surface area contributed by atoms with Gasteiger partial charge < -0.3 is 10.1 Å². The number of unbranched alkanes of at least 4 members (excludes halogenated alkanes) is 4. The van der Waals surface area contributed by atoms with Gasteiger partial charge in [0.15, 0.2) is 0 Å². The molecule has 0 fully saturated rings. The molecule has 1 amide bonds. The van der Waals surface area contributed by atoms with E-state index in [1.807, 2.05) is 6.92 Å². The van der Waals surface area contributed by atoms with Crippen molar-refractivity contribution < 1.29 is 40.7 Å². The van der Waals surface area contributed by atoms with Crippen LogP contribution < -0.4 is 5.32 Å². The van der Waals surface area contributed by atoms with Crippen molar-refractivity contribution in [2.45, 2.75) is 71.3 Å². The fourth-order valence-electron chi connectivity index (χ4n) is 2.84. The summed E-state index contributed by atoms with van der Waals surface area (Å²) in [7, 11) is 0. The van der Waals surface area contributed by atoms with Crippen LogP contribution in [-0.4, -0.2) is 24.5 Å². The molecule has 4 nitrogen and oxygen atoms in total. The quantitative estimate of drug-likeness (QED) is 0.268. The lowest BCUT2D eigenvalue weighted by Crippen LogP contribution is -2.45. The molecule has 1 N–H and O–H groups in total. The lowest BCUT2D eigenvalue weighted by molar-refractivity contribution is -0.147. The van der Waals surface area contributed by atoms with Crippen molar-refractivity contribution in [3.05, 3.63) is 34.9 Å². The summed E-state index contributed by atoms with van der Waals surface area (Å²) in [6, 6.07) is -0.712. The Labute approximate surface area is 177 Å². The van der Waals surface area contributed by atoms with E-state index >= 15 is 0 Å². The van der Waals surface area contributed by atoms with Gasteiger partial charge in [-0.1, -0.05) is 46.5 Å². The third-order valence-corrected chi connectivity index (χ3v) is 4.60. The van der Waals surface area contributed by atoms with Crippen LogP contribution in [0.4, 0.5) is 26.3 Å². The number of carbonyl (C=O) groups excluding carboxylic acids is 2. The van der Waals surface area contributed by atoms with Crippen LogP contribution in [0.3, 0.4) is 0 Å². The molecule has 0 aliphatic rings. The molecule has 31 heavy (non-hydrogen) atoms. The van der Waals surface area contributed by atoms with Crippen LogP contribution in [0.1, 0.15) is 74.4 Å². The average Bonchev–Trinajstić information content (AvgIpc) is 2.66. The zero-order chi connectivity index (χ0) is 23.8. The topological polar surface area (TPSA) is 55.4 Å². The normalized spacial score (nSPS) is 13.2. The van der Waals surface area contributed by atoms with E-state index in [2.05, 4.69) is 5.32 Å². The Morgan fingerprint density at radius 2 is 1.58 bits per heavy atom. The molecule has 1 unspecified atom stereocenters. The van der Waals surface area contributed by atoms with Gasteiger partial charge in [-0.3, -0.25) is 4.79 Å². The second kappa shape index (κ2) is 11.4. The van der Waals surface area contributed by atoms with Crippen molar-refractivity contribution >= 4 is 11.9 Å². The molecule has 1 atom stereocenters. The van der Waals surface area contributed by atoms with Crippen LogP contribution in [0.5, 0.6) is 0 Å². The molecular weight excluding hydrogens is 428 g/mol. The van der Waals surface area contributed by atoms with Gasteiger partial charge in [0.1, 0.15) is 6.04 Å². The average molecular weight is 455 g/mol. The van der Waals surface area contributed by atoms with E-state index in [1.54, 1.807) is 0 Å². The molecule has 0 radical (unpaired) electrons. The first-order valence-electron chi connectivity index (χ1n) is 10.0. The summed E-state index contributed by atoms with van der Waals surface area (Å²) in [6.07, 6.45) is -5.52. The number of hydrogen-bond donors (Lipinski definition) is 1. The summed E-state index contributed by atoms with van der Waals surface area (Å²) in [5.41, 5.74) is -4.13. The van der Waals surface area contributed by atoms with Crippen molar-refractivity contribution in [2.75, 3.05) is 6.61 Å². The SMILES string of the molecule is CCCCCCCOC(=O)C(NC(=O)c1cc(C(F)(F)F)ccc1C(F)(F)F)C(C)C. The Balaban J connectivity index is 3.00. The largest absolute Gasteiger partial charge is 0.464 e. The van der Waals surface area contributed by atoms with Gasteiger partial charge in [-0.2, -0.15) is 26.3 Å². The van der Waals surface area contributed by atoms with Crippen LogP contribution in [0.15, 0.2) is 18.2 Å². The zero-order valence-corrected chi connectivity index (χ0v) is 17.6. The van der Waals surface area contributed by atoms with Gasteiger partial charge in [0.2, 0.25) is 0 Å². The number of carbonyl (C=O) groups is 2. The van der Waals surface area contributed by atoms with E-state index in [4.69, 9.17) is 4.74 Å². The molecule has 1 aromatic carbocycles. The number of benzene rings is 1. The summed E-state index contributed by atoms with van der Waals surface area (Å²) in [5, 5.41) is 2.10. The smallest absolute Gasteiger partial charge is 0.417 e. The second-order valence-corrected chi connectivity index (χ2v) is 7.53. The van der Waals surface area contributed by atoms with Crippen LogP contribution in [0.2, 0.25) is 0 Å². The number of hydrogen-bond acceptors (Lipinski definition) is 3. The molecule has 176 valence electrons. The molecule has 10 heteroatoms. The fraction of sp³-hybridized carbons (Fsp3) is 0.619. The van der Waals surface area contributed by atoms with Crippen LogP contribution >= 0.6 is 0 Å². The molecular formula is C21H27F6NO3. The first-order chi connectivity index (χ1) is 14.3. The highest BCUT2D eigenvalue weighted by Gasteiger charge is 2.39. The number of ether oxygens (including phenoxy) is 1. The summed E-state index contributed by atoms with van der Waals surface area (Å²) < 4.78 is 83.6. The van der Waals surface area contributed by atoms with Crippen molar-refractivity contribution in [2.24, 2.45) is 5.92 Å². The second-order valence-electron chi connectivity index (χ2n) is 7.53. The standard InChI is InChI=1S/C21H27F6NO3/c1-4-5-6-7-8-11-31-19(30)17(13(2)3)28-18(29)15-12-14(20(22,23)24)9-10-16(15)21(25,26)27/h9-10,12-13,17H,4-8,11H2,1-3H3,(H,28,29). The highest BCUT2D eigenvalue weighted by molar-refractivity contribution is 5.98. The predicted octanol–water partition coefficient (Wildman–Crippen LogP) is 5.99. The molecule has 0 saturated carbocycles. The molecule has 0 bridgehead atoms. The van der Waals surface area contributed by atoms with Gasteiger partial charge in [0.25, 0.3) is 5.91 Å². The number of nitrogens with one attached hydrogen (secondary N) is 1. The first-order valence-corrected chi connectivity index (χ1v) is 10.0. The zero-order valence-electron chi connectivity index (χ0n) is 17.6. The maximum atomic E-state index is 13.2. The molecule has 0 aliphatic carbocycles. The molecule has 0 aliphatic heterocycles. The van der Waals surface area contributed by atoms with Gasteiger partial charge in [-0.05, 0) is 30.5 Å². The molecule has 0 spiro atoms. The van der Waals surface area contributed by atoms with Crippen molar-refractivity contribution in [3.8, 4) is 0 Å². The number of esters is 1. The minimum atomic E-state index is -5.05. The molecule has 0 aromatic heterocycles. The van der Waals surface area contributed by atoms with Gasteiger partial charge in [-0.25, -0.2) is 4.79 Å². The van der Waals surface area contributed by atoms with E-state index in [0.717, 1.165) is 25.7 Å². The Hall–Kier alpha value is -2.26. The van der Waals surface area contributed by atoms with Gasteiger partial charge in [0, 0.05) is 0 Å². The van der Waals surface area contributed by atoms with E-state index in [9.17, 15) is 35.9 Å². The fourth-order valence-corrected chi connectivity index (χ4v) is 2.84. The lowest BCUT2D eigenvalue weighted by atomic mass is 10.00. The van der Waals surface area contributed by atoms with E-state index in [0.29, 0.717) is 6.42 Å². The van der Waals surface area contributed by atoms with Crippen LogP contribution in [-0.2, 0) is 21.9 Å². The molecule has 1 aromatic rings. The third kappa shape index (κ3) is 8.41. The predicted molar refractivity (Wildman–Crippen MR) is 102 cm³/mol.